The number of aromatic amines is 2. The number of nitrogens with one attached hydrogen (secondary N) is 2. The molecule has 0 unspecified atom stereocenters. The predicted octanol–water partition coefficient (Wildman–Crippen LogP) is 3.59. The molecule has 23 heavy (non-hydrogen) atoms. The lowest BCUT2D eigenvalue weighted by atomic mass is 10.0. The quantitative estimate of drug-likeness (QED) is 0.772. The normalized spacial score (nSPS) is 13.2. The van der Waals surface area contributed by atoms with Gasteiger partial charge in [-0.15, -0.1) is 0 Å². The van der Waals surface area contributed by atoms with Gasteiger partial charge in [0.25, 0.3) is 0 Å². The minimum atomic E-state index is -0.397. The molecule has 114 valence electrons. The first-order valence-electron chi connectivity index (χ1n) is 7.05. The zero-order valence-electron chi connectivity index (χ0n) is 11.9. The Kier molecular flexibility index (Phi) is 3.16. The van der Waals surface area contributed by atoms with E-state index in [4.69, 9.17) is 11.6 Å². The van der Waals surface area contributed by atoms with E-state index in [1.165, 1.54) is 12.1 Å². The molecule has 0 radical (unpaired) electrons. The molecule has 0 spiro atoms. The number of allylic oxidation sites excluding steroid dienone is 4. The lowest BCUT2D eigenvalue weighted by molar-refractivity contribution is 0.613. The molecular weight excluding hydrogens is 317 g/mol. The van der Waals surface area contributed by atoms with Gasteiger partial charge in [-0.1, -0.05) is 35.9 Å². The van der Waals surface area contributed by atoms with Crippen LogP contribution in [0, 0.1) is 5.82 Å². The number of fused-ring (bicyclic) bond motifs is 1. The lowest BCUT2D eigenvalue weighted by Gasteiger charge is -2.07. The van der Waals surface area contributed by atoms with Crippen molar-refractivity contribution in [3.63, 3.8) is 0 Å². The minimum Gasteiger partial charge on any atom is -0.341 e. The van der Waals surface area contributed by atoms with Gasteiger partial charge < -0.3 is 4.98 Å². The maximum atomic E-state index is 13.9. The van der Waals surface area contributed by atoms with Crippen molar-refractivity contribution in [3.05, 3.63) is 80.5 Å². The maximum Gasteiger partial charge on any atom is 0.193 e. The van der Waals surface area contributed by atoms with Crippen LogP contribution in [0.2, 0.25) is 5.02 Å². The average molecular weight is 328 g/mol. The SMILES string of the molecule is O=c1cc(Cc2c(F)cccc2Cl)[nH]c2n[nH]c(C3=CC=C3)c12. The summed E-state index contributed by atoms with van der Waals surface area (Å²) >= 11 is 6.04. The number of aromatic nitrogens is 3. The van der Waals surface area contributed by atoms with Crippen molar-refractivity contribution >= 4 is 28.2 Å². The van der Waals surface area contributed by atoms with Gasteiger partial charge in [0, 0.05) is 34.3 Å². The molecule has 0 aliphatic heterocycles. The summed E-state index contributed by atoms with van der Waals surface area (Å²) in [5.74, 6) is -0.397. The smallest absolute Gasteiger partial charge is 0.193 e. The fraction of sp³-hybridized carbons (Fsp3) is 0.0588. The number of halogens is 2. The number of benzene rings is 1. The summed E-state index contributed by atoms with van der Waals surface area (Å²) < 4.78 is 13.9. The van der Waals surface area contributed by atoms with Crippen molar-refractivity contribution in [3.8, 4) is 0 Å². The molecule has 1 aromatic carbocycles. The first kappa shape index (κ1) is 14.0. The van der Waals surface area contributed by atoms with Crippen LogP contribution in [0.25, 0.3) is 16.6 Å². The first-order chi connectivity index (χ1) is 11.1. The van der Waals surface area contributed by atoms with E-state index in [0.29, 0.717) is 33.0 Å². The molecule has 0 atom stereocenters. The van der Waals surface area contributed by atoms with Crippen LogP contribution < -0.4 is 5.43 Å². The molecule has 0 saturated heterocycles. The number of pyridine rings is 1. The third-order valence-corrected chi connectivity index (χ3v) is 4.22. The largest absolute Gasteiger partial charge is 0.341 e. The summed E-state index contributed by atoms with van der Waals surface area (Å²) in [5.41, 5.74) is 2.83. The van der Waals surface area contributed by atoms with Crippen molar-refractivity contribution in [2.45, 2.75) is 6.42 Å². The highest BCUT2D eigenvalue weighted by atomic mass is 35.5. The van der Waals surface area contributed by atoms with Crippen molar-refractivity contribution < 1.29 is 4.39 Å². The Labute approximate surface area is 135 Å². The Bertz CT molecular complexity index is 1030. The highest BCUT2D eigenvalue weighted by Gasteiger charge is 2.16. The summed E-state index contributed by atoms with van der Waals surface area (Å²) in [4.78, 5) is 15.5. The molecule has 4 nitrogen and oxygen atoms in total. The van der Waals surface area contributed by atoms with Crippen LogP contribution in [-0.4, -0.2) is 15.2 Å². The highest BCUT2D eigenvalue weighted by molar-refractivity contribution is 6.31. The molecule has 2 N–H and O–H groups in total. The Morgan fingerprint density at radius 2 is 2.13 bits per heavy atom. The van der Waals surface area contributed by atoms with Gasteiger partial charge in [-0.05, 0) is 12.1 Å². The Morgan fingerprint density at radius 1 is 1.30 bits per heavy atom. The van der Waals surface area contributed by atoms with Gasteiger partial charge in [-0.2, -0.15) is 5.10 Å². The van der Waals surface area contributed by atoms with Crippen molar-refractivity contribution in [1.82, 2.24) is 15.2 Å². The first-order valence-corrected chi connectivity index (χ1v) is 7.43. The molecule has 2 aromatic heterocycles. The van der Waals surface area contributed by atoms with Crippen molar-refractivity contribution in [1.29, 1.82) is 0 Å². The fourth-order valence-electron chi connectivity index (χ4n) is 2.65. The van der Waals surface area contributed by atoms with E-state index in [0.717, 1.165) is 5.57 Å². The molecule has 6 heteroatoms. The monoisotopic (exact) mass is 327 g/mol. The Morgan fingerprint density at radius 3 is 2.83 bits per heavy atom. The van der Waals surface area contributed by atoms with E-state index in [-0.39, 0.29) is 11.8 Å². The van der Waals surface area contributed by atoms with Gasteiger partial charge in [0.15, 0.2) is 11.1 Å². The van der Waals surface area contributed by atoms with Gasteiger partial charge in [-0.3, -0.25) is 9.89 Å². The number of hydrogen-bond donors (Lipinski definition) is 2. The molecule has 0 fully saturated rings. The third-order valence-electron chi connectivity index (χ3n) is 3.87. The second-order valence-corrected chi connectivity index (χ2v) is 5.75. The average Bonchev–Trinajstić information content (AvgIpc) is 2.85. The fourth-order valence-corrected chi connectivity index (χ4v) is 2.88. The highest BCUT2D eigenvalue weighted by Crippen LogP contribution is 2.26. The molecule has 1 aliphatic rings. The molecule has 4 rings (SSSR count). The van der Waals surface area contributed by atoms with E-state index in [1.807, 2.05) is 18.2 Å². The molecular formula is C17H11ClFN3O. The summed E-state index contributed by atoms with van der Waals surface area (Å²) in [6.07, 6.45) is 5.89. The zero-order chi connectivity index (χ0) is 16.0. The minimum absolute atomic E-state index is 0.161. The number of rotatable bonds is 3. The van der Waals surface area contributed by atoms with E-state index in [9.17, 15) is 9.18 Å². The van der Waals surface area contributed by atoms with Crippen LogP contribution in [0.4, 0.5) is 4.39 Å². The van der Waals surface area contributed by atoms with E-state index in [2.05, 4.69) is 15.2 Å². The van der Waals surface area contributed by atoms with Crippen molar-refractivity contribution in [2.24, 2.45) is 0 Å². The van der Waals surface area contributed by atoms with Gasteiger partial charge in [0.05, 0.1) is 11.1 Å². The van der Waals surface area contributed by atoms with Gasteiger partial charge in [0.1, 0.15) is 5.82 Å². The second-order valence-electron chi connectivity index (χ2n) is 5.34. The lowest BCUT2D eigenvalue weighted by Crippen LogP contribution is -2.07. The molecule has 3 aromatic rings. The van der Waals surface area contributed by atoms with E-state index in [1.54, 1.807) is 12.1 Å². The van der Waals surface area contributed by atoms with Crippen LogP contribution in [0.5, 0.6) is 0 Å². The van der Waals surface area contributed by atoms with Gasteiger partial charge in [-0.25, -0.2) is 4.39 Å². The van der Waals surface area contributed by atoms with Crippen LogP contribution in [0.15, 0.2) is 47.3 Å². The topological polar surface area (TPSA) is 61.5 Å². The van der Waals surface area contributed by atoms with Gasteiger partial charge in [0.2, 0.25) is 0 Å². The van der Waals surface area contributed by atoms with Crippen LogP contribution in [-0.2, 0) is 6.42 Å². The van der Waals surface area contributed by atoms with Crippen LogP contribution in [0.1, 0.15) is 17.0 Å². The molecule has 2 heterocycles. The van der Waals surface area contributed by atoms with E-state index < -0.39 is 5.82 Å². The zero-order valence-corrected chi connectivity index (χ0v) is 12.6. The molecule has 1 aliphatic carbocycles. The van der Waals surface area contributed by atoms with Crippen LogP contribution in [0.3, 0.4) is 0 Å². The number of hydrogen-bond acceptors (Lipinski definition) is 2. The molecule has 0 amide bonds. The van der Waals surface area contributed by atoms with Crippen molar-refractivity contribution in [2.75, 3.05) is 0 Å². The summed E-state index contributed by atoms with van der Waals surface area (Å²) in [5, 5.41) is 7.85. The second kappa shape index (κ2) is 5.21. The number of H-pyrrole nitrogens is 2. The molecule has 0 saturated carbocycles. The Balaban J connectivity index is 1.79. The van der Waals surface area contributed by atoms with E-state index >= 15 is 0 Å². The maximum absolute atomic E-state index is 13.9. The Hall–Kier alpha value is -2.66. The summed E-state index contributed by atoms with van der Waals surface area (Å²) in [6, 6.07) is 5.98. The standard InChI is InChI=1S/C17H11ClFN3O/c18-12-5-2-6-13(19)11(12)7-10-8-14(23)15-16(9-3-1-4-9)21-22-17(15)20-10/h1-6,8H,7H2,(H2,20,21,22,23). The number of nitrogens with zero attached hydrogens (tertiary/aromatic N) is 1. The third kappa shape index (κ3) is 2.29. The summed E-state index contributed by atoms with van der Waals surface area (Å²) in [6.45, 7) is 0. The molecule has 0 bridgehead atoms. The predicted molar refractivity (Wildman–Crippen MR) is 88.0 cm³/mol. The summed E-state index contributed by atoms with van der Waals surface area (Å²) in [7, 11) is 0. The van der Waals surface area contributed by atoms with Gasteiger partial charge >= 0.3 is 0 Å². The van der Waals surface area contributed by atoms with Crippen LogP contribution >= 0.6 is 11.6 Å².